The molecular weight excluding hydrogens is 406 g/mol. The van der Waals surface area contributed by atoms with E-state index in [1.54, 1.807) is 20.3 Å². The fraction of sp³-hybridized carbons (Fsp3) is 0.462. The quantitative estimate of drug-likeness (QED) is 0.451. The van der Waals surface area contributed by atoms with Crippen LogP contribution in [0.4, 0.5) is 0 Å². The van der Waals surface area contributed by atoms with Crippen LogP contribution in [0.25, 0.3) is 0 Å². The number of methoxy groups -OCH3 is 2. The van der Waals surface area contributed by atoms with E-state index >= 15 is 0 Å². The molecule has 6 nitrogen and oxygen atoms in total. The molecular formula is C26H31NO5. The molecule has 170 valence electrons. The summed E-state index contributed by atoms with van der Waals surface area (Å²) in [5.74, 6) is 0.976. The van der Waals surface area contributed by atoms with E-state index in [1.165, 1.54) is 0 Å². The van der Waals surface area contributed by atoms with Crippen molar-refractivity contribution in [3.05, 3.63) is 58.7 Å². The minimum absolute atomic E-state index is 0.0661. The zero-order valence-electron chi connectivity index (χ0n) is 19.3. The number of carbonyl (C=O) groups excluding carboxylic acids is 2. The van der Waals surface area contributed by atoms with Gasteiger partial charge in [-0.25, -0.2) is 0 Å². The minimum Gasteiger partial charge on any atom is -0.497 e. The van der Waals surface area contributed by atoms with E-state index in [9.17, 15) is 9.59 Å². The van der Waals surface area contributed by atoms with Gasteiger partial charge in [0.2, 0.25) is 0 Å². The number of benzene rings is 2. The summed E-state index contributed by atoms with van der Waals surface area (Å²) in [6, 6.07) is 10.9. The molecule has 0 N–H and O–H groups in total. The van der Waals surface area contributed by atoms with Crippen molar-refractivity contribution in [2.45, 2.75) is 51.0 Å². The Morgan fingerprint density at radius 2 is 1.78 bits per heavy atom. The summed E-state index contributed by atoms with van der Waals surface area (Å²) in [4.78, 5) is 29.4. The van der Waals surface area contributed by atoms with Gasteiger partial charge < -0.3 is 19.1 Å². The molecule has 2 aromatic carbocycles. The third kappa shape index (κ3) is 3.33. The topological polar surface area (TPSA) is 65.1 Å². The summed E-state index contributed by atoms with van der Waals surface area (Å²) in [6.07, 6.45) is 3.40. The molecule has 1 heterocycles. The Kier molecular flexibility index (Phi) is 6.13. The Morgan fingerprint density at radius 3 is 2.47 bits per heavy atom. The second-order valence-corrected chi connectivity index (χ2v) is 8.45. The van der Waals surface area contributed by atoms with Gasteiger partial charge in [0.1, 0.15) is 16.9 Å². The van der Waals surface area contributed by atoms with Crippen molar-refractivity contribution in [1.29, 1.82) is 0 Å². The van der Waals surface area contributed by atoms with Gasteiger partial charge in [0.25, 0.3) is 5.91 Å². The van der Waals surface area contributed by atoms with E-state index < -0.39 is 11.5 Å². The normalized spacial score (nSPS) is 20.9. The van der Waals surface area contributed by atoms with Gasteiger partial charge in [-0.15, -0.1) is 0 Å². The molecule has 2 aliphatic rings. The molecule has 2 aromatic rings. The lowest BCUT2D eigenvalue weighted by Gasteiger charge is -2.46. The SMILES string of the molecule is CCCCCN1C(=O)c2cc(OC)ccc2[C@@]2(C(=O)OCC)Cc3cc(OC)ccc3[C@@H]12. The Hall–Kier alpha value is -3.02. The van der Waals surface area contributed by atoms with Crippen molar-refractivity contribution in [2.24, 2.45) is 0 Å². The van der Waals surface area contributed by atoms with E-state index in [-0.39, 0.29) is 18.5 Å². The van der Waals surface area contributed by atoms with Crippen LogP contribution in [0.3, 0.4) is 0 Å². The number of rotatable bonds is 8. The van der Waals surface area contributed by atoms with Gasteiger partial charge in [0, 0.05) is 12.1 Å². The summed E-state index contributed by atoms with van der Waals surface area (Å²) >= 11 is 0. The Labute approximate surface area is 189 Å². The molecule has 1 aliphatic heterocycles. The van der Waals surface area contributed by atoms with Crippen LogP contribution in [-0.4, -0.2) is 44.1 Å². The van der Waals surface area contributed by atoms with Gasteiger partial charge in [0.05, 0.1) is 26.9 Å². The van der Waals surface area contributed by atoms with Crippen molar-refractivity contribution in [2.75, 3.05) is 27.4 Å². The third-order valence-electron chi connectivity index (χ3n) is 6.73. The van der Waals surface area contributed by atoms with Crippen LogP contribution in [-0.2, 0) is 21.4 Å². The maximum atomic E-state index is 13.8. The molecule has 6 heteroatoms. The number of nitrogens with zero attached hydrogens (tertiary/aromatic N) is 1. The highest BCUT2D eigenvalue weighted by Gasteiger charge is 2.61. The summed E-state index contributed by atoms with van der Waals surface area (Å²) in [6.45, 7) is 4.82. The van der Waals surface area contributed by atoms with Crippen LogP contribution in [0.1, 0.15) is 66.2 Å². The van der Waals surface area contributed by atoms with Gasteiger partial charge in [-0.1, -0.05) is 31.9 Å². The van der Waals surface area contributed by atoms with Crippen LogP contribution < -0.4 is 9.47 Å². The molecule has 1 amide bonds. The van der Waals surface area contributed by atoms with E-state index in [1.807, 2.05) is 42.2 Å². The molecule has 1 aliphatic carbocycles. The highest BCUT2D eigenvalue weighted by molar-refractivity contribution is 6.03. The van der Waals surface area contributed by atoms with E-state index in [0.717, 1.165) is 36.1 Å². The first kappa shape index (κ1) is 22.2. The molecule has 32 heavy (non-hydrogen) atoms. The summed E-state index contributed by atoms with van der Waals surface area (Å²) in [7, 11) is 3.21. The number of ether oxygens (including phenoxy) is 3. The summed E-state index contributed by atoms with van der Waals surface area (Å²) < 4.78 is 16.5. The van der Waals surface area contributed by atoms with Crippen LogP contribution in [0, 0.1) is 0 Å². The number of carbonyl (C=O) groups is 2. The van der Waals surface area contributed by atoms with Crippen molar-refractivity contribution >= 4 is 11.9 Å². The number of fused-ring (bicyclic) bond motifs is 5. The lowest BCUT2D eigenvalue weighted by molar-refractivity contribution is -0.153. The smallest absolute Gasteiger partial charge is 0.319 e. The second-order valence-electron chi connectivity index (χ2n) is 8.45. The lowest BCUT2D eigenvalue weighted by Crippen LogP contribution is -2.55. The van der Waals surface area contributed by atoms with E-state index in [0.29, 0.717) is 29.8 Å². The van der Waals surface area contributed by atoms with Crippen molar-refractivity contribution in [3.63, 3.8) is 0 Å². The first-order chi connectivity index (χ1) is 15.5. The molecule has 0 saturated heterocycles. The van der Waals surface area contributed by atoms with Gasteiger partial charge in [-0.2, -0.15) is 0 Å². The second kappa shape index (κ2) is 8.85. The zero-order valence-corrected chi connectivity index (χ0v) is 19.3. The molecule has 0 unspecified atom stereocenters. The van der Waals surface area contributed by atoms with Crippen molar-refractivity contribution in [1.82, 2.24) is 4.90 Å². The molecule has 0 spiro atoms. The number of unbranched alkanes of at least 4 members (excludes halogenated alkanes) is 2. The van der Waals surface area contributed by atoms with Crippen LogP contribution >= 0.6 is 0 Å². The van der Waals surface area contributed by atoms with Crippen molar-refractivity contribution < 1.29 is 23.8 Å². The average molecular weight is 438 g/mol. The number of hydrogen-bond donors (Lipinski definition) is 0. The maximum Gasteiger partial charge on any atom is 0.319 e. The van der Waals surface area contributed by atoms with Gasteiger partial charge in [0.15, 0.2) is 0 Å². The molecule has 2 atom stereocenters. The fourth-order valence-electron chi connectivity index (χ4n) is 5.27. The first-order valence-corrected chi connectivity index (χ1v) is 11.3. The number of esters is 1. The Bertz CT molecular complexity index is 1030. The average Bonchev–Trinajstić information content (AvgIpc) is 3.16. The fourth-order valence-corrected chi connectivity index (χ4v) is 5.27. The summed E-state index contributed by atoms with van der Waals surface area (Å²) in [5.41, 5.74) is 2.25. The monoisotopic (exact) mass is 437 g/mol. The highest BCUT2D eigenvalue weighted by Crippen LogP contribution is 2.56. The van der Waals surface area contributed by atoms with Crippen LogP contribution in [0.15, 0.2) is 36.4 Å². The first-order valence-electron chi connectivity index (χ1n) is 11.3. The molecule has 4 rings (SSSR count). The molecule has 0 bridgehead atoms. The zero-order chi connectivity index (χ0) is 22.9. The van der Waals surface area contributed by atoms with Crippen LogP contribution in [0.5, 0.6) is 11.5 Å². The Balaban J connectivity index is 1.96. The molecule has 0 saturated carbocycles. The minimum atomic E-state index is -0.994. The summed E-state index contributed by atoms with van der Waals surface area (Å²) in [5, 5.41) is 0. The van der Waals surface area contributed by atoms with E-state index in [4.69, 9.17) is 14.2 Å². The predicted molar refractivity (Wildman–Crippen MR) is 121 cm³/mol. The molecule has 0 aromatic heterocycles. The van der Waals surface area contributed by atoms with Crippen molar-refractivity contribution in [3.8, 4) is 11.5 Å². The number of amides is 1. The standard InChI is InChI=1S/C26H31NO5/c1-5-7-8-13-27-23-20-11-9-18(30-3)14-17(20)16-26(23,25(29)32-6-2)22-12-10-19(31-4)15-21(22)24(27)28/h9-12,14-15,23H,5-8,13,16H2,1-4H3/t23-,26+/m1/s1. The predicted octanol–water partition coefficient (Wildman–Crippen LogP) is 4.45. The molecule has 0 fully saturated rings. The third-order valence-corrected chi connectivity index (χ3v) is 6.73. The maximum absolute atomic E-state index is 13.8. The molecule has 0 radical (unpaired) electrons. The highest BCUT2D eigenvalue weighted by atomic mass is 16.5. The number of hydrogen-bond acceptors (Lipinski definition) is 5. The van der Waals surface area contributed by atoms with Crippen LogP contribution in [0.2, 0.25) is 0 Å². The Morgan fingerprint density at radius 1 is 1.06 bits per heavy atom. The largest absolute Gasteiger partial charge is 0.497 e. The van der Waals surface area contributed by atoms with Gasteiger partial charge in [-0.05, 0) is 60.7 Å². The van der Waals surface area contributed by atoms with Gasteiger partial charge in [-0.3, -0.25) is 9.59 Å². The van der Waals surface area contributed by atoms with Gasteiger partial charge >= 0.3 is 5.97 Å². The lowest BCUT2D eigenvalue weighted by atomic mass is 9.69. The van der Waals surface area contributed by atoms with E-state index in [2.05, 4.69) is 6.92 Å².